The standard InChI is InChI=1S/C17H20FO3P/c1-12(2)10-14-6-9-17(21-22(18,19)20)16(11-14)15-7-4-13(3)5-8-15/h4-9,11-12H,10H2,1-3H3,(H,19,20). The molecule has 0 fully saturated rings. The lowest BCUT2D eigenvalue weighted by molar-refractivity contribution is 0.331. The van der Waals surface area contributed by atoms with E-state index in [-0.39, 0.29) is 5.75 Å². The smallest absolute Gasteiger partial charge is 0.400 e. The molecule has 2 aromatic carbocycles. The molecular weight excluding hydrogens is 302 g/mol. The fourth-order valence-corrected chi connectivity index (χ4v) is 2.74. The van der Waals surface area contributed by atoms with Gasteiger partial charge in [0, 0.05) is 5.56 Å². The van der Waals surface area contributed by atoms with Gasteiger partial charge in [-0.2, -0.15) is 0 Å². The molecule has 0 spiro atoms. The molecular formula is C17H20FO3P. The van der Waals surface area contributed by atoms with Crippen LogP contribution in [-0.4, -0.2) is 4.89 Å². The maximum absolute atomic E-state index is 13.0. The van der Waals surface area contributed by atoms with Crippen molar-refractivity contribution < 1.29 is 18.2 Å². The first-order chi connectivity index (χ1) is 10.2. The van der Waals surface area contributed by atoms with Crippen molar-refractivity contribution in [2.75, 3.05) is 0 Å². The molecule has 0 saturated heterocycles. The van der Waals surface area contributed by atoms with Crippen LogP contribution in [0.2, 0.25) is 0 Å². The van der Waals surface area contributed by atoms with Crippen LogP contribution in [0.5, 0.6) is 5.75 Å². The van der Waals surface area contributed by atoms with E-state index in [1.807, 2.05) is 37.3 Å². The summed E-state index contributed by atoms with van der Waals surface area (Å²) in [5, 5.41) is 0. The molecule has 118 valence electrons. The lowest BCUT2D eigenvalue weighted by Gasteiger charge is -2.14. The summed E-state index contributed by atoms with van der Waals surface area (Å²) < 4.78 is 28.6. The molecule has 0 amide bonds. The Morgan fingerprint density at radius 3 is 2.36 bits per heavy atom. The second-order valence-electron chi connectivity index (χ2n) is 5.84. The van der Waals surface area contributed by atoms with E-state index in [1.165, 1.54) is 0 Å². The average Bonchev–Trinajstić information content (AvgIpc) is 2.39. The topological polar surface area (TPSA) is 46.5 Å². The van der Waals surface area contributed by atoms with Crippen molar-refractivity contribution in [3.8, 4) is 16.9 Å². The Balaban J connectivity index is 2.49. The second kappa shape index (κ2) is 6.64. The molecule has 0 radical (unpaired) electrons. The number of rotatable bonds is 5. The van der Waals surface area contributed by atoms with Gasteiger partial charge in [0.05, 0.1) is 0 Å². The van der Waals surface area contributed by atoms with Crippen LogP contribution in [0.15, 0.2) is 42.5 Å². The zero-order chi connectivity index (χ0) is 16.3. The molecule has 2 aromatic rings. The van der Waals surface area contributed by atoms with Crippen molar-refractivity contribution in [1.82, 2.24) is 0 Å². The van der Waals surface area contributed by atoms with Gasteiger partial charge in [-0.1, -0.05) is 49.7 Å². The minimum absolute atomic E-state index is 0.0738. The Bertz CT molecular complexity index is 690. The maximum Gasteiger partial charge on any atom is 0.567 e. The van der Waals surface area contributed by atoms with Crippen LogP contribution in [0.4, 0.5) is 4.20 Å². The number of hydrogen-bond donors (Lipinski definition) is 1. The Morgan fingerprint density at radius 2 is 1.82 bits per heavy atom. The quantitative estimate of drug-likeness (QED) is 0.759. The van der Waals surface area contributed by atoms with Gasteiger partial charge in [-0.3, -0.25) is 4.89 Å². The number of aryl methyl sites for hydroxylation is 1. The SMILES string of the molecule is Cc1ccc(-c2cc(CC(C)C)ccc2OP(=O)(O)F)cc1. The molecule has 0 aliphatic rings. The van der Waals surface area contributed by atoms with Gasteiger partial charge < -0.3 is 4.52 Å². The first-order valence-electron chi connectivity index (χ1n) is 7.16. The maximum atomic E-state index is 13.0. The summed E-state index contributed by atoms with van der Waals surface area (Å²) in [6.07, 6.45) is 0.867. The molecule has 1 atom stereocenters. The molecule has 0 aromatic heterocycles. The van der Waals surface area contributed by atoms with Crippen molar-refractivity contribution >= 4 is 7.91 Å². The van der Waals surface area contributed by atoms with Crippen molar-refractivity contribution in [3.63, 3.8) is 0 Å². The third-order valence-electron chi connectivity index (χ3n) is 3.26. The van der Waals surface area contributed by atoms with Gasteiger partial charge in [0.1, 0.15) is 5.75 Å². The lowest BCUT2D eigenvalue weighted by atomic mass is 9.97. The van der Waals surface area contributed by atoms with Gasteiger partial charge in [-0.25, -0.2) is 4.57 Å². The summed E-state index contributed by atoms with van der Waals surface area (Å²) in [6.45, 7) is 6.19. The van der Waals surface area contributed by atoms with E-state index in [0.717, 1.165) is 23.1 Å². The Kier molecular flexibility index (Phi) is 5.05. The largest absolute Gasteiger partial charge is 0.567 e. The molecule has 1 N–H and O–H groups in total. The van der Waals surface area contributed by atoms with Crippen molar-refractivity contribution in [2.45, 2.75) is 27.2 Å². The van der Waals surface area contributed by atoms with E-state index in [9.17, 15) is 8.76 Å². The zero-order valence-electron chi connectivity index (χ0n) is 12.9. The van der Waals surface area contributed by atoms with Crippen LogP contribution in [0.3, 0.4) is 0 Å². The minimum Gasteiger partial charge on any atom is -0.400 e. The van der Waals surface area contributed by atoms with E-state index in [0.29, 0.717) is 11.5 Å². The van der Waals surface area contributed by atoms with Crippen molar-refractivity contribution in [3.05, 3.63) is 53.6 Å². The summed E-state index contributed by atoms with van der Waals surface area (Å²) >= 11 is 0. The molecule has 0 aliphatic carbocycles. The first kappa shape index (κ1) is 16.7. The van der Waals surface area contributed by atoms with Crippen LogP contribution < -0.4 is 4.52 Å². The third kappa shape index (κ3) is 4.69. The molecule has 2 rings (SSSR count). The second-order valence-corrected chi connectivity index (χ2v) is 6.92. The average molecular weight is 322 g/mol. The summed E-state index contributed by atoms with van der Waals surface area (Å²) in [6, 6.07) is 12.9. The van der Waals surface area contributed by atoms with E-state index in [2.05, 4.69) is 18.4 Å². The first-order valence-corrected chi connectivity index (χ1v) is 8.63. The van der Waals surface area contributed by atoms with E-state index in [4.69, 9.17) is 4.89 Å². The summed E-state index contributed by atoms with van der Waals surface area (Å²) in [4.78, 5) is 8.87. The number of benzene rings is 2. The molecule has 22 heavy (non-hydrogen) atoms. The molecule has 1 unspecified atom stereocenters. The highest BCUT2D eigenvalue weighted by Gasteiger charge is 2.22. The van der Waals surface area contributed by atoms with E-state index < -0.39 is 7.91 Å². The van der Waals surface area contributed by atoms with Crippen molar-refractivity contribution in [2.24, 2.45) is 5.92 Å². The van der Waals surface area contributed by atoms with Gasteiger partial charge in [0.25, 0.3) is 0 Å². The third-order valence-corrected chi connectivity index (χ3v) is 3.68. The summed E-state index contributed by atoms with van der Waals surface area (Å²) in [7, 11) is -5.09. The van der Waals surface area contributed by atoms with E-state index >= 15 is 0 Å². The predicted molar refractivity (Wildman–Crippen MR) is 86.7 cm³/mol. The van der Waals surface area contributed by atoms with Gasteiger partial charge >= 0.3 is 7.91 Å². The minimum atomic E-state index is -5.09. The Morgan fingerprint density at radius 1 is 1.18 bits per heavy atom. The molecule has 0 saturated carbocycles. The summed E-state index contributed by atoms with van der Waals surface area (Å²) in [5.41, 5.74) is 3.61. The normalized spacial score (nSPS) is 13.9. The number of hydrogen-bond acceptors (Lipinski definition) is 2. The highest BCUT2D eigenvalue weighted by atomic mass is 31.2. The van der Waals surface area contributed by atoms with Crippen LogP contribution in [0.25, 0.3) is 11.1 Å². The molecule has 3 nitrogen and oxygen atoms in total. The van der Waals surface area contributed by atoms with Gasteiger partial charge in [0.2, 0.25) is 0 Å². The highest BCUT2D eigenvalue weighted by Crippen LogP contribution is 2.47. The molecule has 0 bridgehead atoms. The predicted octanol–water partition coefficient (Wildman–Crippen LogP) is 5.31. The van der Waals surface area contributed by atoms with E-state index in [1.54, 1.807) is 12.1 Å². The highest BCUT2D eigenvalue weighted by molar-refractivity contribution is 7.47. The Labute approximate surface area is 130 Å². The monoisotopic (exact) mass is 322 g/mol. The fraction of sp³-hybridized carbons (Fsp3) is 0.294. The molecule has 0 heterocycles. The number of halogens is 1. The Hall–Kier alpha value is -1.64. The zero-order valence-corrected chi connectivity index (χ0v) is 13.8. The molecule has 5 heteroatoms. The van der Waals surface area contributed by atoms with Crippen LogP contribution >= 0.6 is 7.91 Å². The molecule has 0 aliphatic heterocycles. The van der Waals surface area contributed by atoms with Crippen LogP contribution in [-0.2, 0) is 11.0 Å². The van der Waals surface area contributed by atoms with Gasteiger partial charge in [-0.15, -0.1) is 4.20 Å². The van der Waals surface area contributed by atoms with Crippen LogP contribution in [0, 0.1) is 12.8 Å². The fourth-order valence-electron chi connectivity index (χ4n) is 2.34. The van der Waals surface area contributed by atoms with Crippen LogP contribution in [0.1, 0.15) is 25.0 Å². The van der Waals surface area contributed by atoms with Gasteiger partial charge in [-0.05, 0) is 42.5 Å². The lowest BCUT2D eigenvalue weighted by Crippen LogP contribution is -1.96. The summed E-state index contributed by atoms with van der Waals surface area (Å²) in [5.74, 6) is 0.549. The van der Waals surface area contributed by atoms with Gasteiger partial charge in [0.15, 0.2) is 0 Å². The van der Waals surface area contributed by atoms with Crippen molar-refractivity contribution in [1.29, 1.82) is 0 Å².